The summed E-state index contributed by atoms with van der Waals surface area (Å²) in [5.74, 6) is 1.80. The Morgan fingerprint density at radius 1 is 1.28 bits per heavy atom. The number of fused-ring (bicyclic) bond motifs is 1. The van der Waals surface area contributed by atoms with Crippen molar-refractivity contribution >= 4 is 28.3 Å². The maximum atomic E-state index is 12.7. The van der Waals surface area contributed by atoms with Gasteiger partial charge >= 0.3 is 0 Å². The average Bonchev–Trinajstić information content (AvgIpc) is 3.47. The van der Waals surface area contributed by atoms with E-state index in [0.29, 0.717) is 11.6 Å². The van der Waals surface area contributed by atoms with Gasteiger partial charge in [0.15, 0.2) is 0 Å². The number of hydrogen-bond acceptors (Lipinski definition) is 6. The number of nitrogen functional groups attached to an aromatic ring is 1. The lowest BCUT2D eigenvalue weighted by atomic mass is 10.0. The SMILES string of the molecule is COc1cccc(-c2cc3cc(NC(=O)[C@@H]4C[C@H]4c4cnn(C)c4)ncc3c(N)n2)c1C. The lowest BCUT2D eigenvalue weighted by Crippen LogP contribution is -2.15. The molecule has 0 bridgehead atoms. The smallest absolute Gasteiger partial charge is 0.229 e. The first-order chi connectivity index (χ1) is 15.4. The van der Waals surface area contributed by atoms with Crippen LogP contribution in [0.1, 0.15) is 23.5 Å². The Kier molecular flexibility index (Phi) is 4.77. The van der Waals surface area contributed by atoms with E-state index in [0.717, 1.165) is 45.3 Å². The number of aromatic nitrogens is 4. The summed E-state index contributed by atoms with van der Waals surface area (Å²) < 4.78 is 7.19. The van der Waals surface area contributed by atoms with E-state index in [-0.39, 0.29) is 17.7 Å². The van der Waals surface area contributed by atoms with E-state index in [1.54, 1.807) is 18.0 Å². The van der Waals surface area contributed by atoms with Gasteiger partial charge in [-0.25, -0.2) is 9.97 Å². The van der Waals surface area contributed by atoms with Gasteiger partial charge in [-0.1, -0.05) is 12.1 Å². The number of carbonyl (C=O) groups is 1. The minimum atomic E-state index is -0.0609. The second-order valence-corrected chi connectivity index (χ2v) is 8.20. The third kappa shape index (κ3) is 3.53. The van der Waals surface area contributed by atoms with Gasteiger partial charge in [-0.2, -0.15) is 5.10 Å². The quantitative estimate of drug-likeness (QED) is 0.502. The monoisotopic (exact) mass is 428 g/mol. The first kappa shape index (κ1) is 20.0. The third-order valence-corrected chi connectivity index (χ3v) is 6.06. The number of aryl methyl sites for hydroxylation is 1. The molecule has 8 nitrogen and oxygen atoms in total. The molecule has 0 spiro atoms. The molecule has 4 aromatic rings. The van der Waals surface area contributed by atoms with Gasteiger partial charge in [0.25, 0.3) is 0 Å². The molecule has 1 amide bonds. The van der Waals surface area contributed by atoms with Crippen LogP contribution in [0.2, 0.25) is 0 Å². The predicted octanol–water partition coefficient (Wildman–Crippen LogP) is 3.67. The van der Waals surface area contributed by atoms with Gasteiger partial charge in [-0.05, 0) is 48.4 Å². The molecule has 0 radical (unpaired) electrons. The van der Waals surface area contributed by atoms with Gasteiger partial charge < -0.3 is 15.8 Å². The molecular weight excluding hydrogens is 404 g/mol. The van der Waals surface area contributed by atoms with Crippen molar-refractivity contribution in [2.75, 3.05) is 18.2 Å². The molecular formula is C24H24N6O2. The summed E-state index contributed by atoms with van der Waals surface area (Å²) in [4.78, 5) is 21.7. The Morgan fingerprint density at radius 2 is 2.12 bits per heavy atom. The lowest BCUT2D eigenvalue weighted by Gasteiger charge is -2.12. The normalized spacial score (nSPS) is 17.3. The van der Waals surface area contributed by atoms with Crippen LogP contribution in [0.5, 0.6) is 5.75 Å². The predicted molar refractivity (Wildman–Crippen MR) is 123 cm³/mol. The number of anilines is 2. The van der Waals surface area contributed by atoms with E-state index in [2.05, 4.69) is 20.4 Å². The number of carbonyl (C=O) groups excluding carboxylic acids is 1. The minimum absolute atomic E-state index is 0.0309. The summed E-state index contributed by atoms with van der Waals surface area (Å²) >= 11 is 0. The standard InChI is InChI=1S/C24H24N6O2/c1-13-16(5-4-6-21(13)32-3)20-7-14-8-22(26-11-19(14)23(25)28-20)29-24(31)18-9-17(18)15-10-27-30(2)12-15/h4-8,10-12,17-18H,9H2,1-3H3,(H2,25,28)(H,26,29,31)/t17-,18+/m0/s1. The second kappa shape index (κ2) is 7.64. The number of amides is 1. The van der Waals surface area contributed by atoms with Crippen LogP contribution < -0.4 is 15.8 Å². The molecule has 1 aliphatic rings. The van der Waals surface area contributed by atoms with E-state index in [1.165, 1.54) is 0 Å². The average molecular weight is 428 g/mol. The number of rotatable bonds is 5. The van der Waals surface area contributed by atoms with Crippen LogP contribution in [-0.4, -0.2) is 32.8 Å². The highest BCUT2D eigenvalue weighted by Crippen LogP contribution is 2.47. The zero-order chi connectivity index (χ0) is 22.4. The molecule has 1 aliphatic carbocycles. The molecule has 8 heteroatoms. The number of nitrogens with zero attached hydrogens (tertiary/aromatic N) is 4. The Morgan fingerprint density at radius 3 is 2.88 bits per heavy atom. The van der Waals surface area contributed by atoms with E-state index in [9.17, 15) is 4.79 Å². The molecule has 0 aliphatic heterocycles. The zero-order valence-corrected chi connectivity index (χ0v) is 18.2. The number of hydrogen-bond donors (Lipinski definition) is 2. The molecule has 32 heavy (non-hydrogen) atoms. The topological polar surface area (TPSA) is 108 Å². The van der Waals surface area contributed by atoms with Crippen molar-refractivity contribution < 1.29 is 9.53 Å². The Labute approximate surface area is 185 Å². The fourth-order valence-electron chi connectivity index (χ4n) is 4.20. The summed E-state index contributed by atoms with van der Waals surface area (Å²) in [6, 6.07) is 9.63. The van der Waals surface area contributed by atoms with Crippen molar-refractivity contribution in [1.29, 1.82) is 0 Å². The van der Waals surface area contributed by atoms with Crippen LogP contribution in [0.25, 0.3) is 22.0 Å². The van der Waals surface area contributed by atoms with Crippen LogP contribution in [-0.2, 0) is 11.8 Å². The van der Waals surface area contributed by atoms with Gasteiger partial charge in [0.2, 0.25) is 5.91 Å². The lowest BCUT2D eigenvalue weighted by molar-refractivity contribution is -0.117. The van der Waals surface area contributed by atoms with Crippen molar-refractivity contribution in [3.8, 4) is 17.0 Å². The number of benzene rings is 1. The van der Waals surface area contributed by atoms with Crippen LogP contribution in [0.4, 0.5) is 11.6 Å². The summed E-state index contributed by atoms with van der Waals surface area (Å²) in [6.45, 7) is 1.99. The van der Waals surface area contributed by atoms with E-state index >= 15 is 0 Å². The minimum Gasteiger partial charge on any atom is -0.496 e. The first-order valence-corrected chi connectivity index (χ1v) is 10.4. The van der Waals surface area contributed by atoms with Gasteiger partial charge in [0, 0.05) is 41.9 Å². The molecule has 1 saturated carbocycles. The number of methoxy groups -OCH3 is 1. The molecule has 162 valence electrons. The molecule has 3 aromatic heterocycles. The molecule has 5 rings (SSSR count). The summed E-state index contributed by atoms with van der Waals surface area (Å²) in [5, 5.41) is 8.75. The molecule has 2 atom stereocenters. The van der Waals surface area contributed by atoms with Crippen LogP contribution >= 0.6 is 0 Å². The summed E-state index contributed by atoms with van der Waals surface area (Å²) in [5.41, 5.74) is 10.00. The third-order valence-electron chi connectivity index (χ3n) is 6.06. The summed E-state index contributed by atoms with van der Waals surface area (Å²) in [7, 11) is 3.52. The Hall–Kier alpha value is -3.94. The maximum Gasteiger partial charge on any atom is 0.229 e. The summed E-state index contributed by atoms with van der Waals surface area (Å²) in [6.07, 6.45) is 6.26. The van der Waals surface area contributed by atoms with Crippen LogP contribution in [0, 0.1) is 12.8 Å². The highest BCUT2D eigenvalue weighted by molar-refractivity contribution is 5.99. The molecule has 0 unspecified atom stereocenters. The number of pyridine rings is 2. The molecule has 3 N–H and O–H groups in total. The molecule has 1 fully saturated rings. The fraction of sp³-hybridized carbons (Fsp3) is 0.250. The number of nitrogens with one attached hydrogen (secondary N) is 1. The highest BCUT2D eigenvalue weighted by Gasteiger charge is 2.44. The number of nitrogens with two attached hydrogens (primary N) is 1. The Bertz CT molecular complexity index is 1350. The van der Waals surface area contributed by atoms with Crippen LogP contribution in [0.3, 0.4) is 0 Å². The van der Waals surface area contributed by atoms with Gasteiger partial charge in [-0.3, -0.25) is 9.48 Å². The number of ether oxygens (including phenoxy) is 1. The van der Waals surface area contributed by atoms with Crippen molar-refractivity contribution in [2.45, 2.75) is 19.3 Å². The zero-order valence-electron chi connectivity index (χ0n) is 18.2. The van der Waals surface area contributed by atoms with E-state index < -0.39 is 0 Å². The van der Waals surface area contributed by atoms with Crippen molar-refractivity contribution in [1.82, 2.24) is 19.7 Å². The second-order valence-electron chi connectivity index (χ2n) is 8.20. The van der Waals surface area contributed by atoms with Gasteiger partial charge in [0.1, 0.15) is 17.4 Å². The molecule has 3 heterocycles. The Balaban J connectivity index is 1.42. The first-order valence-electron chi connectivity index (χ1n) is 10.4. The van der Waals surface area contributed by atoms with Crippen molar-refractivity contribution in [3.05, 3.63) is 60.0 Å². The largest absolute Gasteiger partial charge is 0.496 e. The van der Waals surface area contributed by atoms with E-state index in [4.69, 9.17) is 10.5 Å². The molecule has 0 saturated heterocycles. The van der Waals surface area contributed by atoms with Crippen LogP contribution in [0.15, 0.2) is 48.9 Å². The van der Waals surface area contributed by atoms with E-state index in [1.807, 2.05) is 56.7 Å². The highest BCUT2D eigenvalue weighted by atomic mass is 16.5. The van der Waals surface area contributed by atoms with Gasteiger partial charge in [-0.15, -0.1) is 0 Å². The van der Waals surface area contributed by atoms with Crippen molar-refractivity contribution in [3.63, 3.8) is 0 Å². The maximum absolute atomic E-state index is 12.7. The fourth-order valence-corrected chi connectivity index (χ4v) is 4.20. The van der Waals surface area contributed by atoms with Crippen molar-refractivity contribution in [2.24, 2.45) is 13.0 Å². The molecule has 1 aromatic carbocycles. The van der Waals surface area contributed by atoms with Gasteiger partial charge in [0.05, 0.1) is 19.0 Å².